The number of nitrogens with one attached hydrogen (secondary N) is 1. The molecule has 0 fully saturated rings. The molecule has 1 amide bonds. The van der Waals surface area contributed by atoms with Crippen LogP contribution in [0.25, 0.3) is 0 Å². The molecule has 2 rings (SSSR count). The molecule has 3 nitrogen and oxygen atoms in total. The number of halogens is 1. The number of aliphatic hydroxyl groups is 1. The summed E-state index contributed by atoms with van der Waals surface area (Å²) >= 11 is 7.50. The maximum atomic E-state index is 12.2. The predicted molar refractivity (Wildman–Crippen MR) is 87.0 cm³/mol. The molecule has 0 atom stereocenters. The van der Waals surface area contributed by atoms with Gasteiger partial charge in [0.2, 0.25) is 0 Å². The Hall–Kier alpha value is -1.80. The second-order valence-electron chi connectivity index (χ2n) is 4.36. The molecule has 0 spiro atoms. The van der Waals surface area contributed by atoms with E-state index < -0.39 is 0 Å². The Morgan fingerprint density at radius 3 is 2.90 bits per heavy atom. The molecule has 0 aliphatic carbocycles. The summed E-state index contributed by atoms with van der Waals surface area (Å²) in [7, 11) is 0. The average Bonchev–Trinajstić information content (AvgIpc) is 2.89. The first-order valence-corrected chi connectivity index (χ1v) is 7.62. The zero-order valence-electron chi connectivity index (χ0n) is 11.4. The fraction of sp³-hybridized carbons (Fsp3) is 0.188. The second kappa shape index (κ2) is 7.28. The zero-order chi connectivity index (χ0) is 15.2. The van der Waals surface area contributed by atoms with Gasteiger partial charge < -0.3 is 10.4 Å². The van der Waals surface area contributed by atoms with Crippen LogP contribution in [0.5, 0.6) is 0 Å². The molecule has 2 aromatic rings. The standard InChI is InChI=1S/C16H14ClNO2S/c1-11-7-9-21-15(11)16(20)18-14-10-12(4-2-3-8-19)5-6-13(14)17/h5-7,9-10,19H,3,8H2,1H3,(H,18,20). The molecule has 0 unspecified atom stereocenters. The smallest absolute Gasteiger partial charge is 0.266 e. The molecule has 2 N–H and O–H groups in total. The van der Waals surface area contributed by atoms with Gasteiger partial charge in [-0.25, -0.2) is 0 Å². The van der Waals surface area contributed by atoms with Crippen molar-refractivity contribution in [2.24, 2.45) is 0 Å². The molecule has 0 saturated carbocycles. The second-order valence-corrected chi connectivity index (χ2v) is 5.68. The number of carbonyl (C=O) groups excluding carboxylic acids is 1. The van der Waals surface area contributed by atoms with E-state index in [1.54, 1.807) is 18.2 Å². The van der Waals surface area contributed by atoms with Crippen LogP contribution in [-0.4, -0.2) is 17.6 Å². The van der Waals surface area contributed by atoms with Crippen LogP contribution in [0.3, 0.4) is 0 Å². The summed E-state index contributed by atoms with van der Waals surface area (Å²) in [6, 6.07) is 7.10. The number of rotatable bonds is 3. The van der Waals surface area contributed by atoms with Gasteiger partial charge in [0.25, 0.3) is 5.91 Å². The fourth-order valence-corrected chi connectivity index (χ4v) is 2.69. The lowest BCUT2D eigenvalue weighted by molar-refractivity contribution is 0.103. The van der Waals surface area contributed by atoms with Gasteiger partial charge in [-0.15, -0.1) is 11.3 Å². The Kier molecular flexibility index (Phi) is 5.40. The first-order valence-electron chi connectivity index (χ1n) is 6.36. The topological polar surface area (TPSA) is 49.3 Å². The summed E-state index contributed by atoms with van der Waals surface area (Å²) in [6.45, 7) is 1.92. The highest BCUT2D eigenvalue weighted by atomic mass is 35.5. The van der Waals surface area contributed by atoms with Crippen molar-refractivity contribution in [1.82, 2.24) is 0 Å². The van der Waals surface area contributed by atoms with Crippen LogP contribution < -0.4 is 5.32 Å². The third-order valence-corrected chi connectivity index (χ3v) is 4.10. The monoisotopic (exact) mass is 319 g/mol. The molecule has 1 aromatic heterocycles. The molecule has 1 aromatic carbocycles. The fourth-order valence-electron chi connectivity index (χ4n) is 1.70. The highest BCUT2D eigenvalue weighted by Crippen LogP contribution is 2.25. The highest BCUT2D eigenvalue weighted by Gasteiger charge is 2.12. The van der Waals surface area contributed by atoms with Crippen LogP contribution in [-0.2, 0) is 0 Å². The quantitative estimate of drug-likeness (QED) is 0.848. The normalized spacial score (nSPS) is 9.86. The Bertz CT molecular complexity index is 713. The van der Waals surface area contributed by atoms with Gasteiger partial charge in [-0.1, -0.05) is 23.4 Å². The number of aryl methyl sites for hydroxylation is 1. The lowest BCUT2D eigenvalue weighted by Gasteiger charge is -2.07. The summed E-state index contributed by atoms with van der Waals surface area (Å²) < 4.78 is 0. The lowest BCUT2D eigenvalue weighted by Crippen LogP contribution is -2.11. The van der Waals surface area contributed by atoms with E-state index in [9.17, 15) is 4.79 Å². The number of hydrogen-bond acceptors (Lipinski definition) is 3. The number of carbonyl (C=O) groups is 1. The number of anilines is 1. The van der Waals surface area contributed by atoms with Crippen molar-refractivity contribution < 1.29 is 9.90 Å². The van der Waals surface area contributed by atoms with E-state index in [0.717, 1.165) is 11.1 Å². The molecular weight excluding hydrogens is 306 g/mol. The number of amides is 1. The van der Waals surface area contributed by atoms with Gasteiger partial charge in [-0.2, -0.15) is 0 Å². The summed E-state index contributed by atoms with van der Waals surface area (Å²) in [6.07, 6.45) is 0.415. The average molecular weight is 320 g/mol. The predicted octanol–water partition coefficient (Wildman–Crippen LogP) is 3.70. The first-order chi connectivity index (χ1) is 10.1. The van der Waals surface area contributed by atoms with Crippen LogP contribution in [0, 0.1) is 18.8 Å². The van der Waals surface area contributed by atoms with E-state index in [-0.39, 0.29) is 12.5 Å². The van der Waals surface area contributed by atoms with E-state index >= 15 is 0 Å². The van der Waals surface area contributed by atoms with Crippen molar-refractivity contribution in [2.75, 3.05) is 11.9 Å². The Morgan fingerprint density at radius 1 is 1.43 bits per heavy atom. The van der Waals surface area contributed by atoms with Crippen molar-refractivity contribution in [3.63, 3.8) is 0 Å². The molecular formula is C16H14ClNO2S. The van der Waals surface area contributed by atoms with E-state index in [4.69, 9.17) is 16.7 Å². The van der Waals surface area contributed by atoms with Gasteiger partial charge in [-0.3, -0.25) is 4.79 Å². The van der Waals surface area contributed by atoms with Crippen LogP contribution in [0.15, 0.2) is 29.6 Å². The molecule has 1 heterocycles. The molecule has 0 bridgehead atoms. The molecule has 0 saturated heterocycles. The summed E-state index contributed by atoms with van der Waals surface area (Å²) in [5.41, 5.74) is 2.21. The third-order valence-electron chi connectivity index (χ3n) is 2.75. The summed E-state index contributed by atoms with van der Waals surface area (Å²) in [5.74, 6) is 5.57. The van der Waals surface area contributed by atoms with Crippen molar-refractivity contribution in [3.8, 4) is 11.8 Å². The van der Waals surface area contributed by atoms with Crippen molar-refractivity contribution >= 4 is 34.5 Å². The van der Waals surface area contributed by atoms with Gasteiger partial charge in [0.15, 0.2) is 0 Å². The van der Waals surface area contributed by atoms with Gasteiger partial charge in [0.1, 0.15) is 0 Å². The van der Waals surface area contributed by atoms with Crippen LogP contribution in [0.1, 0.15) is 27.2 Å². The molecule has 5 heteroatoms. The number of benzene rings is 1. The third kappa shape index (κ3) is 4.08. The largest absolute Gasteiger partial charge is 0.395 e. The number of hydrogen-bond donors (Lipinski definition) is 2. The summed E-state index contributed by atoms with van der Waals surface area (Å²) in [5, 5.41) is 13.9. The molecule has 21 heavy (non-hydrogen) atoms. The maximum absolute atomic E-state index is 12.2. The van der Waals surface area contributed by atoms with Crippen molar-refractivity contribution in [2.45, 2.75) is 13.3 Å². The lowest BCUT2D eigenvalue weighted by atomic mass is 10.2. The summed E-state index contributed by atoms with van der Waals surface area (Å²) in [4.78, 5) is 12.9. The van der Waals surface area contributed by atoms with Crippen molar-refractivity contribution in [1.29, 1.82) is 0 Å². The van der Waals surface area contributed by atoms with E-state index in [2.05, 4.69) is 17.2 Å². The Balaban J connectivity index is 2.20. The van der Waals surface area contributed by atoms with Crippen LogP contribution in [0.4, 0.5) is 5.69 Å². The van der Waals surface area contributed by atoms with E-state index in [0.29, 0.717) is 22.0 Å². The molecule has 0 aliphatic rings. The minimum atomic E-state index is -0.176. The minimum absolute atomic E-state index is 0.0296. The Morgan fingerprint density at radius 2 is 2.24 bits per heavy atom. The first kappa shape index (κ1) is 15.6. The SMILES string of the molecule is Cc1ccsc1C(=O)Nc1cc(C#CCCO)ccc1Cl. The molecule has 0 radical (unpaired) electrons. The molecule has 0 aliphatic heterocycles. The van der Waals surface area contributed by atoms with Crippen LogP contribution >= 0.6 is 22.9 Å². The van der Waals surface area contributed by atoms with E-state index in [1.807, 2.05) is 18.4 Å². The van der Waals surface area contributed by atoms with Gasteiger partial charge >= 0.3 is 0 Å². The number of aliphatic hydroxyl groups excluding tert-OH is 1. The highest BCUT2D eigenvalue weighted by molar-refractivity contribution is 7.12. The van der Waals surface area contributed by atoms with Crippen molar-refractivity contribution in [3.05, 3.63) is 50.7 Å². The molecule has 108 valence electrons. The van der Waals surface area contributed by atoms with Gasteiger partial charge in [0, 0.05) is 12.0 Å². The van der Waals surface area contributed by atoms with Gasteiger partial charge in [-0.05, 0) is 42.1 Å². The van der Waals surface area contributed by atoms with Gasteiger partial charge in [0.05, 0.1) is 22.2 Å². The van der Waals surface area contributed by atoms with Crippen LogP contribution in [0.2, 0.25) is 5.02 Å². The number of thiophene rings is 1. The van der Waals surface area contributed by atoms with E-state index in [1.165, 1.54) is 11.3 Å². The zero-order valence-corrected chi connectivity index (χ0v) is 13.0. The Labute approximate surface area is 132 Å². The maximum Gasteiger partial charge on any atom is 0.266 e. The minimum Gasteiger partial charge on any atom is -0.395 e.